The molecule has 0 aliphatic heterocycles. The molecule has 0 saturated carbocycles. The van der Waals surface area contributed by atoms with Gasteiger partial charge in [-0.2, -0.15) is 0 Å². The Morgan fingerprint density at radius 2 is 1.96 bits per heavy atom. The Hall–Kier alpha value is -2.89. The van der Waals surface area contributed by atoms with Crippen molar-refractivity contribution in [1.82, 2.24) is 4.98 Å². The van der Waals surface area contributed by atoms with Gasteiger partial charge in [-0.1, -0.05) is 30.3 Å². The van der Waals surface area contributed by atoms with Gasteiger partial charge in [-0.3, -0.25) is 0 Å². The zero-order chi connectivity index (χ0) is 18.4. The zero-order valence-corrected chi connectivity index (χ0v) is 14.9. The predicted octanol–water partition coefficient (Wildman–Crippen LogP) is 3.54. The van der Waals surface area contributed by atoms with Gasteiger partial charge in [0.2, 0.25) is 0 Å². The van der Waals surface area contributed by atoms with E-state index < -0.39 is 11.6 Å². The van der Waals surface area contributed by atoms with Gasteiger partial charge in [-0.25, -0.2) is 14.8 Å². The number of carbonyl (C=O) groups excluding carboxylic acids is 1. The number of aliphatic imine (C=N–C) groups is 1. The minimum Gasteiger partial charge on any atom is -0.488 e. The fourth-order valence-corrected chi connectivity index (χ4v) is 2.16. The number of pyridine rings is 1. The Morgan fingerprint density at radius 3 is 2.56 bits per heavy atom. The van der Waals surface area contributed by atoms with Crippen LogP contribution in [0.5, 0.6) is 5.75 Å². The van der Waals surface area contributed by atoms with E-state index in [1.54, 1.807) is 33.8 Å². The van der Waals surface area contributed by atoms with Crippen LogP contribution in [0.2, 0.25) is 0 Å². The molecule has 0 radical (unpaired) electrons. The third-order valence-electron chi connectivity index (χ3n) is 3.13. The SMILES string of the molecule is Cc1cc(OCc2ccccc2)c(C(=O)OC(C)(C)C)c(N=CN)n1. The second kappa shape index (κ2) is 7.79. The summed E-state index contributed by atoms with van der Waals surface area (Å²) in [7, 11) is 0. The van der Waals surface area contributed by atoms with E-state index in [2.05, 4.69) is 9.98 Å². The van der Waals surface area contributed by atoms with Gasteiger partial charge in [-0.05, 0) is 33.3 Å². The van der Waals surface area contributed by atoms with Crippen LogP contribution >= 0.6 is 0 Å². The van der Waals surface area contributed by atoms with E-state index in [1.165, 1.54) is 0 Å². The molecule has 0 atom stereocenters. The minimum absolute atomic E-state index is 0.165. The summed E-state index contributed by atoms with van der Waals surface area (Å²) in [6, 6.07) is 11.4. The monoisotopic (exact) mass is 341 g/mol. The maximum Gasteiger partial charge on any atom is 0.346 e. The van der Waals surface area contributed by atoms with Crippen LogP contribution < -0.4 is 10.5 Å². The number of rotatable bonds is 5. The largest absolute Gasteiger partial charge is 0.488 e. The molecule has 0 unspecified atom stereocenters. The summed E-state index contributed by atoms with van der Waals surface area (Å²) < 4.78 is 11.3. The number of nitrogens with two attached hydrogens (primary N) is 1. The van der Waals surface area contributed by atoms with E-state index in [0.717, 1.165) is 11.9 Å². The quantitative estimate of drug-likeness (QED) is 0.510. The van der Waals surface area contributed by atoms with Crippen LogP contribution in [-0.4, -0.2) is 22.9 Å². The highest BCUT2D eigenvalue weighted by atomic mass is 16.6. The van der Waals surface area contributed by atoms with Crippen molar-refractivity contribution in [3.63, 3.8) is 0 Å². The molecule has 2 aromatic rings. The average Bonchev–Trinajstić information content (AvgIpc) is 2.52. The molecule has 6 nitrogen and oxygen atoms in total. The van der Waals surface area contributed by atoms with Crippen LogP contribution in [-0.2, 0) is 11.3 Å². The predicted molar refractivity (Wildman–Crippen MR) is 97.3 cm³/mol. The first-order chi connectivity index (χ1) is 11.8. The van der Waals surface area contributed by atoms with Crippen LogP contribution in [0.4, 0.5) is 5.82 Å². The highest BCUT2D eigenvalue weighted by Crippen LogP contribution is 2.31. The topological polar surface area (TPSA) is 86.8 Å². The fraction of sp³-hybridized carbons (Fsp3) is 0.316. The van der Waals surface area contributed by atoms with Gasteiger partial charge in [0.05, 0.1) is 6.34 Å². The van der Waals surface area contributed by atoms with Crippen LogP contribution in [0, 0.1) is 6.92 Å². The average molecular weight is 341 g/mol. The second-order valence-electron chi connectivity index (χ2n) is 6.51. The Labute approximate surface area is 147 Å². The van der Waals surface area contributed by atoms with Gasteiger partial charge in [0, 0.05) is 11.8 Å². The lowest BCUT2D eigenvalue weighted by Gasteiger charge is -2.21. The lowest BCUT2D eigenvalue weighted by atomic mass is 10.1. The van der Waals surface area contributed by atoms with Crippen molar-refractivity contribution in [3.05, 3.63) is 53.2 Å². The highest BCUT2D eigenvalue weighted by molar-refractivity contribution is 5.97. The number of nitrogens with zero attached hydrogens (tertiary/aromatic N) is 2. The molecule has 2 N–H and O–H groups in total. The summed E-state index contributed by atoms with van der Waals surface area (Å²) in [6.07, 6.45) is 1.09. The molecule has 1 aromatic carbocycles. The third-order valence-corrected chi connectivity index (χ3v) is 3.13. The molecule has 0 amide bonds. The normalized spacial score (nSPS) is 11.5. The standard InChI is InChI=1S/C19H23N3O3/c1-13-10-15(24-11-14-8-6-5-7-9-14)16(17(22-13)21-12-20)18(23)25-19(2,3)4/h5-10,12H,11H2,1-4H3,(H2,20,21,22). The molecular weight excluding hydrogens is 318 g/mol. The molecule has 132 valence electrons. The van der Waals surface area contributed by atoms with Gasteiger partial charge < -0.3 is 15.2 Å². The zero-order valence-electron chi connectivity index (χ0n) is 14.9. The Kier molecular flexibility index (Phi) is 5.75. The molecule has 1 aromatic heterocycles. The van der Waals surface area contributed by atoms with Crippen molar-refractivity contribution in [2.24, 2.45) is 10.7 Å². The van der Waals surface area contributed by atoms with Gasteiger partial charge in [0.15, 0.2) is 5.82 Å². The van der Waals surface area contributed by atoms with Crippen LogP contribution in [0.25, 0.3) is 0 Å². The van der Waals surface area contributed by atoms with E-state index in [4.69, 9.17) is 15.2 Å². The van der Waals surface area contributed by atoms with Crippen LogP contribution in [0.1, 0.15) is 42.4 Å². The molecule has 6 heteroatoms. The van der Waals surface area contributed by atoms with Crippen molar-refractivity contribution in [2.75, 3.05) is 0 Å². The molecule has 0 saturated heterocycles. The smallest absolute Gasteiger partial charge is 0.346 e. The molecule has 25 heavy (non-hydrogen) atoms. The van der Waals surface area contributed by atoms with Gasteiger partial charge >= 0.3 is 5.97 Å². The summed E-state index contributed by atoms with van der Waals surface area (Å²) in [5, 5.41) is 0. The van der Waals surface area contributed by atoms with Gasteiger partial charge in [0.1, 0.15) is 23.5 Å². The van der Waals surface area contributed by atoms with Crippen LogP contribution in [0.3, 0.4) is 0 Å². The van der Waals surface area contributed by atoms with E-state index in [-0.39, 0.29) is 11.4 Å². The number of hydrogen-bond donors (Lipinski definition) is 1. The van der Waals surface area contributed by atoms with Crippen molar-refractivity contribution < 1.29 is 14.3 Å². The van der Waals surface area contributed by atoms with Crippen LogP contribution in [0.15, 0.2) is 41.4 Å². The summed E-state index contributed by atoms with van der Waals surface area (Å²) in [4.78, 5) is 20.9. The number of hydrogen-bond acceptors (Lipinski definition) is 5. The second-order valence-corrected chi connectivity index (χ2v) is 6.51. The Bertz CT molecular complexity index is 765. The first-order valence-corrected chi connectivity index (χ1v) is 7.96. The maximum atomic E-state index is 12.6. The lowest BCUT2D eigenvalue weighted by Crippen LogP contribution is -2.24. The fourth-order valence-electron chi connectivity index (χ4n) is 2.16. The molecule has 0 aliphatic carbocycles. The summed E-state index contributed by atoms with van der Waals surface area (Å²) in [5.74, 6) is -0.00493. The number of aryl methyl sites for hydroxylation is 1. The van der Waals surface area contributed by atoms with Gasteiger partial charge in [-0.15, -0.1) is 0 Å². The molecule has 0 bridgehead atoms. The number of benzene rings is 1. The van der Waals surface area contributed by atoms with Crippen molar-refractivity contribution in [2.45, 2.75) is 39.9 Å². The van der Waals surface area contributed by atoms with E-state index in [9.17, 15) is 4.79 Å². The summed E-state index contributed by atoms with van der Waals surface area (Å²) in [5.41, 5.74) is 6.56. The number of ether oxygens (including phenoxy) is 2. The van der Waals surface area contributed by atoms with Crippen molar-refractivity contribution >= 4 is 18.1 Å². The molecule has 0 fully saturated rings. The van der Waals surface area contributed by atoms with Crippen molar-refractivity contribution in [1.29, 1.82) is 0 Å². The Morgan fingerprint density at radius 1 is 1.28 bits per heavy atom. The number of aromatic nitrogens is 1. The van der Waals surface area contributed by atoms with Crippen molar-refractivity contribution in [3.8, 4) is 5.75 Å². The van der Waals surface area contributed by atoms with E-state index in [1.807, 2.05) is 30.3 Å². The first-order valence-electron chi connectivity index (χ1n) is 7.96. The minimum atomic E-state index is -0.650. The first kappa shape index (κ1) is 18.4. The Balaban J connectivity index is 2.40. The molecule has 0 spiro atoms. The van der Waals surface area contributed by atoms with E-state index in [0.29, 0.717) is 18.1 Å². The molecular formula is C19H23N3O3. The highest BCUT2D eigenvalue weighted by Gasteiger charge is 2.25. The number of carbonyl (C=O) groups is 1. The molecule has 2 rings (SSSR count). The summed E-state index contributed by atoms with van der Waals surface area (Å²) in [6.45, 7) is 7.49. The lowest BCUT2D eigenvalue weighted by molar-refractivity contribution is 0.00662. The maximum absolute atomic E-state index is 12.6. The van der Waals surface area contributed by atoms with E-state index >= 15 is 0 Å². The third kappa shape index (κ3) is 5.31. The molecule has 1 heterocycles. The molecule has 0 aliphatic rings. The number of esters is 1. The van der Waals surface area contributed by atoms with Gasteiger partial charge in [0.25, 0.3) is 0 Å². The summed E-state index contributed by atoms with van der Waals surface area (Å²) >= 11 is 0.